The largest absolute Gasteiger partial charge is 0.633 e. The Kier molecular flexibility index (Phi) is 13.2. The van der Waals surface area contributed by atoms with Crippen molar-refractivity contribution in [1.82, 2.24) is 0 Å². The van der Waals surface area contributed by atoms with Crippen LogP contribution in [0.2, 0.25) is 0 Å². The molecule has 0 heterocycles. The highest BCUT2D eigenvalue weighted by molar-refractivity contribution is 6.18. The summed E-state index contributed by atoms with van der Waals surface area (Å²) in [5.41, 5.74) is 0. The summed E-state index contributed by atoms with van der Waals surface area (Å²) in [4.78, 5) is 0. The highest BCUT2D eigenvalue weighted by Gasteiger charge is 2.14. The first-order chi connectivity index (χ1) is 6.18. The molecule has 0 N–H and O–H groups in total. The molecule has 2 nitrogen and oxygen atoms in total. The van der Waals surface area contributed by atoms with Crippen LogP contribution in [0.5, 0.6) is 0 Å². The number of hydroxylamine groups is 3. The summed E-state index contributed by atoms with van der Waals surface area (Å²) in [6.07, 6.45) is 1.73. The second-order valence-electron chi connectivity index (χ2n) is 3.00. The van der Waals surface area contributed by atoms with Gasteiger partial charge in [0.05, 0.1) is 31.4 Å². The van der Waals surface area contributed by atoms with Gasteiger partial charge in [-0.25, -0.2) is 0 Å². The van der Waals surface area contributed by atoms with E-state index < -0.39 is 0 Å². The number of halogens is 4. The zero-order chi connectivity index (χ0) is 10.2. The Morgan fingerprint density at radius 2 is 1.29 bits per heavy atom. The molecule has 0 saturated carbocycles. The summed E-state index contributed by atoms with van der Waals surface area (Å²) in [6, 6.07) is 0. The van der Waals surface area contributed by atoms with Gasteiger partial charge in [0, 0.05) is 5.88 Å². The fourth-order valence-corrected chi connectivity index (χ4v) is 1.94. The molecule has 6 heteroatoms. The SMILES string of the molecule is Cl.[O-][N+](CCCl)(CCCl)CCCCCl. The van der Waals surface area contributed by atoms with Crippen LogP contribution in [0.15, 0.2) is 0 Å². The molecule has 0 radical (unpaired) electrons. The molecule has 0 aliphatic heterocycles. The quantitative estimate of drug-likeness (QED) is 0.290. The third-order valence-corrected chi connectivity index (χ3v) is 2.54. The Hall–Kier alpha value is 1.08. The van der Waals surface area contributed by atoms with Crippen molar-refractivity contribution < 1.29 is 4.65 Å². The summed E-state index contributed by atoms with van der Waals surface area (Å²) in [6.45, 7) is 1.46. The van der Waals surface area contributed by atoms with Gasteiger partial charge >= 0.3 is 0 Å². The van der Waals surface area contributed by atoms with E-state index >= 15 is 0 Å². The second kappa shape index (κ2) is 10.6. The Labute approximate surface area is 107 Å². The smallest absolute Gasteiger partial charge is 0.0921 e. The number of hydrogen-bond donors (Lipinski definition) is 0. The lowest BCUT2D eigenvalue weighted by Gasteiger charge is -2.42. The number of unbranched alkanes of at least 4 members (excludes halogenated alkanes) is 1. The minimum Gasteiger partial charge on any atom is -0.633 e. The molecule has 0 atom stereocenters. The summed E-state index contributed by atoms with van der Waals surface area (Å²) in [5, 5.41) is 11.9. The fourth-order valence-electron chi connectivity index (χ4n) is 1.14. The van der Waals surface area contributed by atoms with Crippen LogP contribution in [0, 0.1) is 5.21 Å². The highest BCUT2D eigenvalue weighted by Crippen LogP contribution is 2.08. The van der Waals surface area contributed by atoms with Gasteiger partial charge in [-0.3, -0.25) is 0 Å². The van der Waals surface area contributed by atoms with Gasteiger partial charge in [0.1, 0.15) is 0 Å². The molecule has 0 aliphatic rings. The minimum atomic E-state index is -0.274. The lowest BCUT2D eigenvalue weighted by atomic mass is 10.3. The molecule has 0 aromatic heterocycles. The van der Waals surface area contributed by atoms with Crippen molar-refractivity contribution in [3.05, 3.63) is 5.21 Å². The third kappa shape index (κ3) is 8.39. The van der Waals surface area contributed by atoms with E-state index in [1.54, 1.807) is 0 Å². The molecule has 0 aliphatic carbocycles. The predicted molar refractivity (Wildman–Crippen MR) is 66.9 cm³/mol. The first kappa shape index (κ1) is 17.5. The van der Waals surface area contributed by atoms with E-state index in [4.69, 9.17) is 34.8 Å². The Bertz CT molecular complexity index is 120. The molecule has 0 spiro atoms. The van der Waals surface area contributed by atoms with Crippen LogP contribution < -0.4 is 0 Å². The number of nitrogens with zero attached hydrogens (tertiary/aromatic N) is 1. The fraction of sp³-hybridized carbons (Fsp3) is 1.00. The Morgan fingerprint density at radius 3 is 1.64 bits per heavy atom. The van der Waals surface area contributed by atoms with Crippen LogP contribution in [0.3, 0.4) is 0 Å². The molecule has 0 rings (SSSR count). The first-order valence-corrected chi connectivity index (χ1v) is 6.04. The van der Waals surface area contributed by atoms with Crippen molar-refractivity contribution in [2.75, 3.05) is 37.3 Å². The van der Waals surface area contributed by atoms with E-state index in [-0.39, 0.29) is 17.1 Å². The number of rotatable bonds is 8. The molecule has 88 valence electrons. The monoisotopic (exact) mass is 283 g/mol. The topological polar surface area (TPSA) is 23.1 Å². The van der Waals surface area contributed by atoms with Crippen molar-refractivity contribution in [3.63, 3.8) is 0 Å². The molecule has 0 unspecified atom stereocenters. The molecular formula is C8H17Cl4NO. The lowest BCUT2D eigenvalue weighted by Crippen LogP contribution is -2.45. The molecule has 14 heavy (non-hydrogen) atoms. The first-order valence-electron chi connectivity index (χ1n) is 4.43. The summed E-state index contributed by atoms with van der Waals surface area (Å²) < 4.78 is -0.274. The van der Waals surface area contributed by atoms with Gasteiger partial charge in [0.15, 0.2) is 0 Å². The van der Waals surface area contributed by atoms with Crippen LogP contribution >= 0.6 is 47.2 Å². The van der Waals surface area contributed by atoms with Crippen LogP contribution in [0.25, 0.3) is 0 Å². The molecule has 0 aromatic rings. The van der Waals surface area contributed by atoms with E-state index in [1.807, 2.05) is 0 Å². The molecule has 0 amide bonds. The van der Waals surface area contributed by atoms with Crippen molar-refractivity contribution >= 4 is 47.2 Å². The van der Waals surface area contributed by atoms with Crippen molar-refractivity contribution in [2.24, 2.45) is 0 Å². The normalized spacial score (nSPS) is 11.1. The maximum Gasteiger partial charge on any atom is 0.0921 e. The third-order valence-electron chi connectivity index (χ3n) is 1.93. The zero-order valence-corrected chi connectivity index (χ0v) is 11.1. The van der Waals surface area contributed by atoms with Gasteiger partial charge in [-0.05, 0) is 12.8 Å². The van der Waals surface area contributed by atoms with E-state index in [9.17, 15) is 5.21 Å². The van der Waals surface area contributed by atoms with E-state index in [2.05, 4.69) is 0 Å². The van der Waals surface area contributed by atoms with Gasteiger partial charge in [-0.1, -0.05) is 0 Å². The minimum absolute atomic E-state index is 0. The number of alkyl halides is 3. The van der Waals surface area contributed by atoms with Gasteiger partial charge in [-0.15, -0.1) is 47.2 Å². The van der Waals surface area contributed by atoms with Gasteiger partial charge in [0.25, 0.3) is 0 Å². The predicted octanol–water partition coefficient (Wildman–Crippen LogP) is 3.22. The maximum atomic E-state index is 11.9. The zero-order valence-electron chi connectivity index (χ0n) is 8.05. The van der Waals surface area contributed by atoms with E-state index in [1.165, 1.54) is 0 Å². The lowest BCUT2D eigenvalue weighted by molar-refractivity contribution is -0.876. The van der Waals surface area contributed by atoms with Crippen molar-refractivity contribution in [1.29, 1.82) is 0 Å². The molecular weight excluding hydrogens is 268 g/mol. The summed E-state index contributed by atoms with van der Waals surface area (Å²) in [5.74, 6) is 1.39. The number of hydrogen-bond acceptors (Lipinski definition) is 1. The second-order valence-corrected chi connectivity index (χ2v) is 4.14. The summed E-state index contributed by atoms with van der Waals surface area (Å²) in [7, 11) is 0. The summed E-state index contributed by atoms with van der Waals surface area (Å²) >= 11 is 16.6. The Morgan fingerprint density at radius 1 is 0.786 bits per heavy atom. The van der Waals surface area contributed by atoms with Crippen LogP contribution in [0.1, 0.15) is 12.8 Å². The molecule has 0 saturated heterocycles. The van der Waals surface area contributed by atoms with Gasteiger partial charge in [0.2, 0.25) is 0 Å². The van der Waals surface area contributed by atoms with Crippen LogP contribution in [-0.2, 0) is 0 Å². The van der Waals surface area contributed by atoms with Gasteiger partial charge < -0.3 is 9.85 Å². The van der Waals surface area contributed by atoms with Crippen molar-refractivity contribution in [2.45, 2.75) is 12.8 Å². The van der Waals surface area contributed by atoms with Crippen molar-refractivity contribution in [3.8, 4) is 0 Å². The van der Waals surface area contributed by atoms with Crippen LogP contribution in [-0.4, -0.2) is 41.9 Å². The average Bonchev–Trinajstić information content (AvgIpc) is 2.05. The molecule has 0 aromatic carbocycles. The maximum absolute atomic E-state index is 11.9. The molecule has 0 fully saturated rings. The number of quaternary nitrogens is 1. The van der Waals surface area contributed by atoms with E-state index in [0.29, 0.717) is 37.3 Å². The van der Waals surface area contributed by atoms with Gasteiger partial charge in [-0.2, -0.15) is 0 Å². The Balaban J connectivity index is 0. The van der Waals surface area contributed by atoms with E-state index in [0.717, 1.165) is 12.8 Å². The highest BCUT2D eigenvalue weighted by atomic mass is 35.5. The molecule has 0 bridgehead atoms. The average molecular weight is 285 g/mol. The van der Waals surface area contributed by atoms with Crippen LogP contribution in [0.4, 0.5) is 0 Å². The standard InChI is InChI=1S/C8H16Cl3NO.ClH/c9-3-1-2-6-12(13,7-4-10)8-5-11;/h1-8H2;1H.